The van der Waals surface area contributed by atoms with E-state index in [2.05, 4.69) is 17.2 Å². The van der Waals surface area contributed by atoms with Crippen molar-refractivity contribution in [2.45, 2.75) is 25.7 Å². The minimum atomic E-state index is -0.495. The van der Waals surface area contributed by atoms with Gasteiger partial charge in [0.15, 0.2) is 5.69 Å². The summed E-state index contributed by atoms with van der Waals surface area (Å²) in [7, 11) is 0. The third-order valence-corrected chi connectivity index (χ3v) is 4.13. The van der Waals surface area contributed by atoms with Gasteiger partial charge >= 0.3 is 0 Å². The highest BCUT2D eigenvalue weighted by Gasteiger charge is 2.35. The van der Waals surface area contributed by atoms with Crippen molar-refractivity contribution < 1.29 is 24.5 Å². The number of amides is 1. The van der Waals surface area contributed by atoms with Gasteiger partial charge in [-0.3, -0.25) is 9.48 Å². The topological polar surface area (TPSA) is 110 Å². The predicted molar refractivity (Wildman–Crippen MR) is 77.7 cm³/mol. The van der Waals surface area contributed by atoms with Gasteiger partial charge in [0.05, 0.1) is 51.4 Å². The molecule has 1 aromatic heterocycles. The highest BCUT2D eigenvalue weighted by molar-refractivity contribution is 5.92. The maximum Gasteiger partial charge on any atom is 0.276 e. The number of hydrogen-bond acceptors (Lipinski definition) is 7. The van der Waals surface area contributed by atoms with Crippen molar-refractivity contribution in [3.63, 3.8) is 0 Å². The Morgan fingerprint density at radius 2 is 2.00 bits per heavy atom. The lowest BCUT2D eigenvalue weighted by Gasteiger charge is -2.37. The molecule has 1 aromatic rings. The molecule has 23 heavy (non-hydrogen) atoms. The molecular weight excluding hydrogens is 304 g/mol. The van der Waals surface area contributed by atoms with Crippen molar-refractivity contribution in [2.75, 3.05) is 39.5 Å². The van der Waals surface area contributed by atoms with Gasteiger partial charge in [0.1, 0.15) is 0 Å². The largest absolute Gasteiger partial charge is 0.394 e. The summed E-state index contributed by atoms with van der Waals surface area (Å²) in [5.41, 5.74) is 0.292. The molecule has 0 aromatic carbocycles. The molecular formula is C14H22N4O5. The van der Waals surface area contributed by atoms with Crippen LogP contribution in [0, 0.1) is 5.41 Å². The summed E-state index contributed by atoms with van der Waals surface area (Å²) in [6.07, 6.45) is 0.639. The minimum Gasteiger partial charge on any atom is -0.394 e. The number of aliphatic hydroxyl groups excluding tert-OH is 2. The average Bonchev–Trinajstić information content (AvgIpc) is 3.00. The molecule has 128 valence electrons. The minimum absolute atomic E-state index is 0.0386. The van der Waals surface area contributed by atoms with Gasteiger partial charge in [-0.05, 0) is 0 Å². The second-order valence-corrected chi connectivity index (χ2v) is 6.56. The lowest BCUT2D eigenvalue weighted by molar-refractivity contribution is -0.111. The van der Waals surface area contributed by atoms with E-state index >= 15 is 0 Å². The molecule has 0 aliphatic carbocycles. The molecule has 0 saturated carbocycles. The lowest BCUT2D eigenvalue weighted by atomic mass is 9.89. The van der Waals surface area contributed by atoms with E-state index in [0.29, 0.717) is 19.8 Å². The van der Waals surface area contributed by atoms with Crippen LogP contribution in [0.25, 0.3) is 0 Å². The van der Waals surface area contributed by atoms with Crippen LogP contribution in [0.2, 0.25) is 0 Å². The Balaban J connectivity index is 1.66. The molecule has 9 nitrogen and oxygen atoms in total. The SMILES string of the molecule is CC1(Cn2cc(C(=O)N3C[C@H](CO)O[C@@H](CO)C3)nn2)COC1. The first-order valence-corrected chi connectivity index (χ1v) is 7.67. The molecule has 0 unspecified atom stereocenters. The number of nitrogens with zero attached hydrogens (tertiary/aromatic N) is 4. The molecule has 2 atom stereocenters. The Morgan fingerprint density at radius 3 is 2.52 bits per heavy atom. The van der Waals surface area contributed by atoms with Gasteiger partial charge in [0, 0.05) is 18.5 Å². The quantitative estimate of drug-likeness (QED) is 0.678. The van der Waals surface area contributed by atoms with E-state index in [1.54, 1.807) is 10.9 Å². The first-order valence-electron chi connectivity index (χ1n) is 7.67. The van der Waals surface area contributed by atoms with Crippen LogP contribution in [0.4, 0.5) is 0 Å². The lowest BCUT2D eigenvalue weighted by Crippen LogP contribution is -2.52. The van der Waals surface area contributed by atoms with Crippen molar-refractivity contribution in [3.05, 3.63) is 11.9 Å². The summed E-state index contributed by atoms with van der Waals surface area (Å²) in [6, 6.07) is 0. The molecule has 2 fully saturated rings. The van der Waals surface area contributed by atoms with Crippen LogP contribution in [0.5, 0.6) is 0 Å². The normalized spacial score (nSPS) is 26.8. The Labute approximate surface area is 133 Å². The monoisotopic (exact) mass is 326 g/mol. The van der Waals surface area contributed by atoms with E-state index in [1.807, 2.05) is 0 Å². The Hall–Kier alpha value is -1.55. The van der Waals surface area contributed by atoms with Crippen LogP contribution in [0.1, 0.15) is 17.4 Å². The van der Waals surface area contributed by atoms with Crippen molar-refractivity contribution in [3.8, 4) is 0 Å². The molecule has 3 heterocycles. The standard InChI is InChI=1S/C14H22N4O5/c1-14(8-22-9-14)7-18-4-12(15-16-18)13(21)17-2-10(5-19)23-11(3-17)6-20/h4,10-11,19-20H,2-3,5-9H2,1H3/t10-,11-/m1/s1. The van der Waals surface area contributed by atoms with E-state index < -0.39 is 12.2 Å². The highest BCUT2D eigenvalue weighted by atomic mass is 16.5. The van der Waals surface area contributed by atoms with Crippen LogP contribution in [0.3, 0.4) is 0 Å². The Bertz CT molecular complexity index is 547. The van der Waals surface area contributed by atoms with E-state index in [-0.39, 0.29) is 43.3 Å². The molecule has 2 N–H and O–H groups in total. The second kappa shape index (κ2) is 6.52. The molecule has 1 amide bonds. The summed E-state index contributed by atoms with van der Waals surface area (Å²) in [5, 5.41) is 26.5. The third-order valence-electron chi connectivity index (χ3n) is 4.13. The maximum absolute atomic E-state index is 12.6. The Morgan fingerprint density at radius 1 is 1.35 bits per heavy atom. The molecule has 2 aliphatic rings. The molecule has 0 spiro atoms. The molecule has 0 radical (unpaired) electrons. The number of morpholine rings is 1. The number of carbonyl (C=O) groups is 1. The number of aliphatic hydroxyl groups is 2. The highest BCUT2D eigenvalue weighted by Crippen LogP contribution is 2.28. The number of rotatable bonds is 5. The molecule has 3 rings (SSSR count). The summed E-state index contributed by atoms with van der Waals surface area (Å²) < 4.78 is 12.3. The number of carbonyl (C=O) groups excluding carboxylic acids is 1. The third kappa shape index (κ3) is 3.52. The van der Waals surface area contributed by atoms with Gasteiger partial charge in [-0.2, -0.15) is 0 Å². The van der Waals surface area contributed by atoms with Gasteiger partial charge in [0.2, 0.25) is 0 Å². The molecule has 0 bridgehead atoms. The molecule has 2 aliphatic heterocycles. The van der Waals surface area contributed by atoms with E-state index in [4.69, 9.17) is 9.47 Å². The average molecular weight is 326 g/mol. The number of aromatic nitrogens is 3. The van der Waals surface area contributed by atoms with Crippen LogP contribution in [-0.2, 0) is 16.0 Å². The van der Waals surface area contributed by atoms with Crippen LogP contribution < -0.4 is 0 Å². The zero-order valence-corrected chi connectivity index (χ0v) is 13.1. The van der Waals surface area contributed by atoms with Crippen molar-refractivity contribution in [2.24, 2.45) is 5.41 Å². The van der Waals surface area contributed by atoms with Gasteiger partial charge in [-0.25, -0.2) is 0 Å². The predicted octanol–water partition coefficient (Wildman–Crippen LogP) is -1.49. The van der Waals surface area contributed by atoms with Crippen LogP contribution >= 0.6 is 0 Å². The van der Waals surface area contributed by atoms with E-state index in [9.17, 15) is 15.0 Å². The van der Waals surface area contributed by atoms with Gasteiger partial charge in [-0.15, -0.1) is 5.10 Å². The fourth-order valence-corrected chi connectivity index (χ4v) is 2.86. The summed E-state index contributed by atoms with van der Waals surface area (Å²) in [4.78, 5) is 14.1. The van der Waals surface area contributed by atoms with Gasteiger partial charge in [0.25, 0.3) is 5.91 Å². The zero-order chi connectivity index (χ0) is 16.4. The molecule has 9 heteroatoms. The smallest absolute Gasteiger partial charge is 0.276 e. The van der Waals surface area contributed by atoms with Crippen molar-refractivity contribution in [1.29, 1.82) is 0 Å². The van der Waals surface area contributed by atoms with E-state index in [0.717, 1.165) is 0 Å². The Kier molecular flexibility index (Phi) is 4.62. The summed E-state index contributed by atoms with van der Waals surface area (Å²) in [5.74, 6) is -0.272. The second-order valence-electron chi connectivity index (χ2n) is 6.56. The maximum atomic E-state index is 12.6. The van der Waals surface area contributed by atoms with E-state index in [1.165, 1.54) is 4.90 Å². The summed E-state index contributed by atoms with van der Waals surface area (Å²) >= 11 is 0. The first-order chi connectivity index (χ1) is 11.0. The number of ether oxygens (including phenoxy) is 2. The number of hydrogen-bond donors (Lipinski definition) is 2. The van der Waals surface area contributed by atoms with Crippen molar-refractivity contribution in [1.82, 2.24) is 19.9 Å². The zero-order valence-electron chi connectivity index (χ0n) is 13.1. The summed E-state index contributed by atoms with van der Waals surface area (Å²) in [6.45, 7) is 4.23. The van der Waals surface area contributed by atoms with Crippen LogP contribution in [-0.4, -0.2) is 87.7 Å². The van der Waals surface area contributed by atoms with Gasteiger partial charge < -0.3 is 24.6 Å². The van der Waals surface area contributed by atoms with Crippen molar-refractivity contribution >= 4 is 5.91 Å². The van der Waals surface area contributed by atoms with Gasteiger partial charge in [-0.1, -0.05) is 12.1 Å². The fraction of sp³-hybridized carbons (Fsp3) is 0.786. The first kappa shape index (κ1) is 16.3. The van der Waals surface area contributed by atoms with Crippen LogP contribution in [0.15, 0.2) is 6.20 Å². The fourth-order valence-electron chi connectivity index (χ4n) is 2.86. The molecule has 2 saturated heterocycles.